The molecule has 4 heteroatoms. The standard InChI is InChI=1S/C10H18ClN3/c1-3-5-12-6-4-7-14-8-10(11)9(2)13-14/h8,12H,3-7H2,1-2H3. The van der Waals surface area contributed by atoms with Crippen LogP contribution in [-0.4, -0.2) is 22.9 Å². The second kappa shape index (κ2) is 6.04. The highest BCUT2D eigenvalue weighted by atomic mass is 35.5. The molecule has 0 aliphatic carbocycles. The van der Waals surface area contributed by atoms with E-state index in [9.17, 15) is 0 Å². The Kier molecular flexibility index (Phi) is 4.98. The molecule has 0 atom stereocenters. The van der Waals surface area contributed by atoms with Crippen molar-refractivity contribution in [2.45, 2.75) is 33.2 Å². The van der Waals surface area contributed by atoms with Crippen LogP contribution in [0.5, 0.6) is 0 Å². The molecule has 1 aromatic rings. The van der Waals surface area contributed by atoms with Crippen molar-refractivity contribution in [1.82, 2.24) is 15.1 Å². The fourth-order valence-corrected chi connectivity index (χ4v) is 1.43. The maximum absolute atomic E-state index is 5.89. The highest BCUT2D eigenvalue weighted by molar-refractivity contribution is 6.31. The summed E-state index contributed by atoms with van der Waals surface area (Å²) in [6.07, 6.45) is 4.17. The summed E-state index contributed by atoms with van der Waals surface area (Å²) >= 11 is 5.89. The third-order valence-corrected chi connectivity index (χ3v) is 2.43. The lowest BCUT2D eigenvalue weighted by Crippen LogP contribution is -2.17. The van der Waals surface area contributed by atoms with Gasteiger partial charge in [0.1, 0.15) is 0 Å². The van der Waals surface area contributed by atoms with Crippen LogP contribution < -0.4 is 5.32 Å². The smallest absolute Gasteiger partial charge is 0.0814 e. The SMILES string of the molecule is CCCNCCCn1cc(Cl)c(C)n1. The summed E-state index contributed by atoms with van der Waals surface area (Å²) in [6, 6.07) is 0. The molecule has 0 aliphatic heterocycles. The Labute approximate surface area is 90.4 Å². The molecule has 0 radical (unpaired) electrons. The first-order chi connectivity index (χ1) is 6.74. The van der Waals surface area contributed by atoms with Gasteiger partial charge in [-0.3, -0.25) is 4.68 Å². The van der Waals surface area contributed by atoms with E-state index in [1.54, 1.807) is 0 Å². The first-order valence-electron chi connectivity index (χ1n) is 5.14. The minimum atomic E-state index is 0.756. The van der Waals surface area contributed by atoms with Crippen molar-refractivity contribution in [3.8, 4) is 0 Å². The molecule has 0 amide bonds. The summed E-state index contributed by atoms with van der Waals surface area (Å²) in [4.78, 5) is 0. The third-order valence-electron chi connectivity index (χ3n) is 2.05. The quantitative estimate of drug-likeness (QED) is 0.738. The lowest BCUT2D eigenvalue weighted by molar-refractivity contribution is 0.540. The van der Waals surface area contributed by atoms with E-state index < -0.39 is 0 Å². The molecule has 0 aromatic carbocycles. The van der Waals surface area contributed by atoms with E-state index in [1.807, 2.05) is 17.8 Å². The number of rotatable bonds is 6. The second-order valence-corrected chi connectivity index (χ2v) is 3.84. The van der Waals surface area contributed by atoms with E-state index in [0.29, 0.717) is 0 Å². The topological polar surface area (TPSA) is 29.9 Å². The van der Waals surface area contributed by atoms with Gasteiger partial charge in [0.05, 0.1) is 10.7 Å². The van der Waals surface area contributed by atoms with Gasteiger partial charge in [-0.2, -0.15) is 5.10 Å². The normalized spacial score (nSPS) is 10.8. The number of nitrogens with one attached hydrogen (secondary N) is 1. The third kappa shape index (κ3) is 3.68. The van der Waals surface area contributed by atoms with Crippen LogP contribution in [-0.2, 0) is 6.54 Å². The number of halogens is 1. The highest BCUT2D eigenvalue weighted by Gasteiger charge is 2.00. The van der Waals surface area contributed by atoms with Gasteiger partial charge in [0.2, 0.25) is 0 Å². The first-order valence-corrected chi connectivity index (χ1v) is 5.52. The maximum Gasteiger partial charge on any atom is 0.0814 e. The Morgan fingerprint density at radius 3 is 2.86 bits per heavy atom. The Morgan fingerprint density at radius 2 is 2.29 bits per heavy atom. The van der Waals surface area contributed by atoms with Gasteiger partial charge < -0.3 is 5.32 Å². The number of aromatic nitrogens is 2. The molecule has 0 unspecified atom stereocenters. The van der Waals surface area contributed by atoms with Crippen LogP contribution in [0.3, 0.4) is 0 Å². The van der Waals surface area contributed by atoms with Gasteiger partial charge in [0, 0.05) is 12.7 Å². The van der Waals surface area contributed by atoms with Gasteiger partial charge in [-0.15, -0.1) is 0 Å². The zero-order chi connectivity index (χ0) is 10.4. The van der Waals surface area contributed by atoms with E-state index in [1.165, 1.54) is 6.42 Å². The largest absolute Gasteiger partial charge is 0.317 e. The molecule has 80 valence electrons. The molecule has 0 fully saturated rings. The summed E-state index contributed by atoms with van der Waals surface area (Å²) < 4.78 is 1.91. The van der Waals surface area contributed by atoms with E-state index in [2.05, 4.69) is 17.3 Å². The monoisotopic (exact) mass is 215 g/mol. The fourth-order valence-electron chi connectivity index (χ4n) is 1.28. The molecule has 0 spiro atoms. The first kappa shape index (κ1) is 11.5. The Hall–Kier alpha value is -0.540. The minimum absolute atomic E-state index is 0.756. The van der Waals surface area contributed by atoms with Gasteiger partial charge in [-0.05, 0) is 32.9 Å². The molecule has 1 aromatic heterocycles. The van der Waals surface area contributed by atoms with Crippen molar-refractivity contribution >= 4 is 11.6 Å². The number of hydrogen-bond donors (Lipinski definition) is 1. The van der Waals surface area contributed by atoms with Gasteiger partial charge in [0.25, 0.3) is 0 Å². The van der Waals surface area contributed by atoms with Crippen molar-refractivity contribution in [1.29, 1.82) is 0 Å². The average molecular weight is 216 g/mol. The van der Waals surface area contributed by atoms with Gasteiger partial charge in [-0.1, -0.05) is 18.5 Å². The number of aryl methyl sites for hydroxylation is 2. The van der Waals surface area contributed by atoms with Crippen LogP contribution in [0, 0.1) is 6.92 Å². The molecule has 1 heterocycles. The molecular weight excluding hydrogens is 198 g/mol. The Bertz CT molecular complexity index is 251. The number of hydrogen-bond acceptors (Lipinski definition) is 2. The fraction of sp³-hybridized carbons (Fsp3) is 0.700. The van der Waals surface area contributed by atoms with Crippen LogP contribution in [0.1, 0.15) is 25.5 Å². The molecule has 3 nitrogen and oxygen atoms in total. The van der Waals surface area contributed by atoms with E-state index in [-0.39, 0.29) is 0 Å². The molecule has 1 N–H and O–H groups in total. The lowest BCUT2D eigenvalue weighted by atomic mass is 10.4. The number of nitrogens with zero attached hydrogens (tertiary/aromatic N) is 2. The van der Waals surface area contributed by atoms with E-state index >= 15 is 0 Å². The van der Waals surface area contributed by atoms with Crippen LogP contribution in [0.2, 0.25) is 5.02 Å². The van der Waals surface area contributed by atoms with Gasteiger partial charge >= 0.3 is 0 Å². The van der Waals surface area contributed by atoms with Gasteiger partial charge in [-0.25, -0.2) is 0 Å². The molecule has 0 bridgehead atoms. The average Bonchev–Trinajstić information content (AvgIpc) is 2.46. The summed E-state index contributed by atoms with van der Waals surface area (Å²) in [5, 5.41) is 8.39. The molecule has 14 heavy (non-hydrogen) atoms. The summed E-state index contributed by atoms with van der Waals surface area (Å²) in [6.45, 7) is 7.17. The van der Waals surface area contributed by atoms with Crippen LogP contribution >= 0.6 is 11.6 Å². The molecular formula is C10H18ClN3. The van der Waals surface area contributed by atoms with E-state index in [0.717, 1.165) is 36.8 Å². The molecule has 0 saturated carbocycles. The summed E-state index contributed by atoms with van der Waals surface area (Å²) in [7, 11) is 0. The zero-order valence-corrected chi connectivity index (χ0v) is 9.64. The Morgan fingerprint density at radius 1 is 1.50 bits per heavy atom. The summed E-state index contributed by atoms with van der Waals surface area (Å²) in [5.74, 6) is 0. The summed E-state index contributed by atoms with van der Waals surface area (Å²) in [5.41, 5.74) is 0.910. The highest BCUT2D eigenvalue weighted by Crippen LogP contribution is 2.11. The molecule has 1 rings (SSSR count). The molecule has 0 aliphatic rings. The van der Waals surface area contributed by atoms with Crippen LogP contribution in [0.15, 0.2) is 6.20 Å². The predicted molar refractivity (Wildman–Crippen MR) is 59.8 cm³/mol. The zero-order valence-electron chi connectivity index (χ0n) is 8.89. The van der Waals surface area contributed by atoms with Crippen molar-refractivity contribution in [2.24, 2.45) is 0 Å². The van der Waals surface area contributed by atoms with Crippen LogP contribution in [0.25, 0.3) is 0 Å². The van der Waals surface area contributed by atoms with Crippen molar-refractivity contribution < 1.29 is 0 Å². The lowest BCUT2D eigenvalue weighted by Gasteiger charge is -2.02. The van der Waals surface area contributed by atoms with E-state index in [4.69, 9.17) is 11.6 Å². The van der Waals surface area contributed by atoms with Crippen molar-refractivity contribution in [3.63, 3.8) is 0 Å². The van der Waals surface area contributed by atoms with Crippen molar-refractivity contribution in [2.75, 3.05) is 13.1 Å². The minimum Gasteiger partial charge on any atom is -0.317 e. The maximum atomic E-state index is 5.89. The predicted octanol–water partition coefficient (Wildman–Crippen LogP) is 2.23. The molecule has 0 saturated heterocycles. The second-order valence-electron chi connectivity index (χ2n) is 3.43. The van der Waals surface area contributed by atoms with Gasteiger partial charge in [0.15, 0.2) is 0 Å². The Balaban J connectivity index is 2.18. The van der Waals surface area contributed by atoms with Crippen LogP contribution in [0.4, 0.5) is 0 Å². The van der Waals surface area contributed by atoms with Crippen molar-refractivity contribution in [3.05, 3.63) is 16.9 Å².